The van der Waals surface area contributed by atoms with Gasteiger partial charge in [0.1, 0.15) is 11.6 Å². The van der Waals surface area contributed by atoms with Crippen LogP contribution in [0.15, 0.2) is 35.9 Å². The highest BCUT2D eigenvalue weighted by Crippen LogP contribution is 2.20. The van der Waals surface area contributed by atoms with Crippen molar-refractivity contribution in [3.05, 3.63) is 52.9 Å². The van der Waals surface area contributed by atoms with E-state index >= 15 is 0 Å². The van der Waals surface area contributed by atoms with E-state index in [1.54, 1.807) is 12.1 Å². The highest BCUT2D eigenvalue weighted by Gasteiger charge is 2.16. The van der Waals surface area contributed by atoms with E-state index in [1.165, 1.54) is 6.08 Å². The van der Waals surface area contributed by atoms with Crippen molar-refractivity contribution in [1.82, 2.24) is 4.57 Å². The molecule has 1 amide bonds. The molecule has 2 rings (SSSR count). The number of rotatable bonds is 8. The van der Waals surface area contributed by atoms with Crippen molar-refractivity contribution >= 4 is 29.3 Å². The Morgan fingerprint density at radius 2 is 1.87 bits per heavy atom. The van der Waals surface area contributed by atoms with Gasteiger partial charge >= 0.3 is 5.97 Å². The minimum absolute atomic E-state index is 0.145. The van der Waals surface area contributed by atoms with Crippen LogP contribution in [0.1, 0.15) is 30.8 Å². The van der Waals surface area contributed by atoms with Gasteiger partial charge in [-0.3, -0.25) is 4.79 Å². The minimum Gasteiger partial charge on any atom is -0.451 e. The molecular weight excluding hydrogens is 392 g/mol. The minimum atomic E-state index is -0.825. The number of carbonyl (C=O) groups is 2. The molecule has 1 aromatic carbocycles. The van der Waals surface area contributed by atoms with Crippen LogP contribution >= 0.6 is 0 Å². The smallest absolute Gasteiger partial charge is 0.349 e. The van der Waals surface area contributed by atoms with Crippen molar-refractivity contribution in [1.29, 1.82) is 5.26 Å². The van der Waals surface area contributed by atoms with E-state index < -0.39 is 18.5 Å². The monoisotopic (exact) mass is 422 g/mol. The fraction of sp³-hybridized carbons (Fsp3) is 0.375. The predicted octanol–water partition coefficient (Wildman–Crippen LogP) is 3.92. The van der Waals surface area contributed by atoms with Gasteiger partial charge in [-0.05, 0) is 61.7 Å². The summed E-state index contributed by atoms with van der Waals surface area (Å²) in [5.74, 6) is -0.827. The normalized spacial score (nSPS) is 11.2. The molecule has 2 aromatic rings. The number of anilines is 2. The summed E-state index contributed by atoms with van der Waals surface area (Å²) in [4.78, 5) is 26.4. The van der Waals surface area contributed by atoms with Crippen LogP contribution in [0.3, 0.4) is 0 Å². The molecule has 0 spiro atoms. The maximum Gasteiger partial charge on any atom is 0.349 e. The van der Waals surface area contributed by atoms with Crippen LogP contribution in [0.4, 0.5) is 11.4 Å². The Kier molecular flexibility index (Phi) is 8.03. The molecule has 0 bridgehead atoms. The third kappa shape index (κ3) is 6.48. The molecule has 0 atom stereocenters. The van der Waals surface area contributed by atoms with Crippen molar-refractivity contribution in [2.45, 2.75) is 34.2 Å². The summed E-state index contributed by atoms with van der Waals surface area (Å²) in [6.07, 6.45) is 1.51. The molecule has 0 aliphatic rings. The number of nitrogens with one attached hydrogen (secondary N) is 1. The van der Waals surface area contributed by atoms with E-state index in [0.29, 0.717) is 11.6 Å². The number of nitriles is 1. The first-order valence-corrected chi connectivity index (χ1v) is 10.1. The molecule has 0 aliphatic heterocycles. The molecule has 0 aliphatic carbocycles. The summed E-state index contributed by atoms with van der Waals surface area (Å²) in [5.41, 5.74) is 4.28. The van der Waals surface area contributed by atoms with Gasteiger partial charge in [0, 0.05) is 43.4 Å². The summed E-state index contributed by atoms with van der Waals surface area (Å²) in [6.45, 7) is 8.60. The van der Waals surface area contributed by atoms with Crippen molar-refractivity contribution in [3.63, 3.8) is 0 Å². The second-order valence-electron chi connectivity index (χ2n) is 8.07. The quantitative estimate of drug-likeness (QED) is 0.396. The number of carbonyl (C=O) groups excluding carboxylic acids is 2. The lowest BCUT2D eigenvalue weighted by Gasteiger charge is -2.13. The highest BCUT2D eigenvalue weighted by molar-refractivity contribution is 6.00. The first kappa shape index (κ1) is 23.7. The van der Waals surface area contributed by atoms with Crippen molar-refractivity contribution in [3.8, 4) is 6.07 Å². The number of benzene rings is 1. The Bertz CT molecular complexity index is 1010. The molecular formula is C24H30N4O3. The standard InChI is InChI=1S/C24H30N4O3/c1-16(2)14-28-17(3)11-19(18(28)4)12-20(13-25)24(30)31-15-23(29)26-21-7-9-22(10-8-21)27(5)6/h7-12,16H,14-15H2,1-6H3,(H,26,29). The molecule has 7 heteroatoms. The van der Waals surface area contributed by atoms with Gasteiger partial charge in [-0.25, -0.2) is 4.79 Å². The Hall–Kier alpha value is -3.53. The van der Waals surface area contributed by atoms with Crippen LogP contribution in [-0.2, 0) is 20.9 Å². The molecule has 31 heavy (non-hydrogen) atoms. The average molecular weight is 423 g/mol. The number of amides is 1. The maximum absolute atomic E-state index is 12.3. The van der Waals surface area contributed by atoms with Crippen molar-refractivity contribution in [2.75, 3.05) is 30.9 Å². The molecule has 1 aromatic heterocycles. The molecule has 0 saturated carbocycles. The topological polar surface area (TPSA) is 87.4 Å². The lowest BCUT2D eigenvalue weighted by Crippen LogP contribution is -2.21. The summed E-state index contributed by atoms with van der Waals surface area (Å²) < 4.78 is 7.21. The number of ether oxygens (including phenoxy) is 1. The van der Waals surface area contributed by atoms with E-state index in [9.17, 15) is 14.9 Å². The van der Waals surface area contributed by atoms with Crippen molar-refractivity contribution < 1.29 is 14.3 Å². The lowest BCUT2D eigenvalue weighted by molar-refractivity contribution is -0.142. The lowest BCUT2D eigenvalue weighted by atomic mass is 10.1. The van der Waals surface area contributed by atoms with E-state index in [4.69, 9.17) is 4.74 Å². The highest BCUT2D eigenvalue weighted by atomic mass is 16.5. The predicted molar refractivity (Wildman–Crippen MR) is 123 cm³/mol. The molecule has 0 fully saturated rings. The second-order valence-corrected chi connectivity index (χ2v) is 8.07. The van der Waals surface area contributed by atoms with Crippen LogP contribution in [0, 0.1) is 31.1 Å². The zero-order chi connectivity index (χ0) is 23.1. The fourth-order valence-corrected chi connectivity index (χ4v) is 3.16. The Morgan fingerprint density at radius 3 is 2.42 bits per heavy atom. The third-order valence-electron chi connectivity index (χ3n) is 4.80. The van der Waals surface area contributed by atoms with Gasteiger partial charge in [0.25, 0.3) is 5.91 Å². The summed E-state index contributed by atoms with van der Waals surface area (Å²) in [6, 6.07) is 11.1. The van der Waals surface area contributed by atoms with Gasteiger partial charge < -0.3 is 19.5 Å². The first-order chi connectivity index (χ1) is 14.6. The second kappa shape index (κ2) is 10.5. The van der Waals surface area contributed by atoms with Crippen molar-refractivity contribution in [2.24, 2.45) is 5.92 Å². The van der Waals surface area contributed by atoms with E-state index in [-0.39, 0.29) is 5.57 Å². The van der Waals surface area contributed by atoms with E-state index in [1.807, 2.05) is 57.1 Å². The van der Waals surface area contributed by atoms with Crippen LogP contribution in [-0.4, -0.2) is 37.1 Å². The number of aromatic nitrogens is 1. The van der Waals surface area contributed by atoms with Gasteiger partial charge in [0.2, 0.25) is 0 Å². The Morgan fingerprint density at radius 1 is 1.23 bits per heavy atom. The Balaban J connectivity index is 2.01. The van der Waals surface area contributed by atoms with Crippen LogP contribution in [0.5, 0.6) is 0 Å². The molecule has 164 valence electrons. The molecule has 1 heterocycles. The molecule has 0 radical (unpaired) electrons. The van der Waals surface area contributed by atoms with Crippen LogP contribution in [0.2, 0.25) is 0 Å². The maximum atomic E-state index is 12.3. The number of aryl methyl sites for hydroxylation is 1. The average Bonchev–Trinajstić information content (AvgIpc) is 2.97. The number of hydrogen-bond donors (Lipinski definition) is 1. The van der Waals surface area contributed by atoms with E-state index in [2.05, 4.69) is 23.7 Å². The van der Waals surface area contributed by atoms with Gasteiger partial charge in [0.15, 0.2) is 6.61 Å². The zero-order valence-electron chi connectivity index (χ0n) is 19.0. The molecule has 0 saturated heterocycles. The SMILES string of the molecule is Cc1cc(C=C(C#N)C(=O)OCC(=O)Nc2ccc(N(C)C)cc2)c(C)n1CC(C)C. The van der Waals surface area contributed by atoms with Crippen LogP contribution in [0.25, 0.3) is 6.08 Å². The summed E-state index contributed by atoms with van der Waals surface area (Å²) in [7, 11) is 3.85. The van der Waals surface area contributed by atoms with E-state index in [0.717, 1.165) is 29.2 Å². The van der Waals surface area contributed by atoms with Gasteiger partial charge in [0.05, 0.1) is 0 Å². The van der Waals surface area contributed by atoms with Gasteiger partial charge in [-0.1, -0.05) is 13.8 Å². The fourth-order valence-electron chi connectivity index (χ4n) is 3.16. The largest absolute Gasteiger partial charge is 0.451 e. The zero-order valence-corrected chi connectivity index (χ0v) is 19.0. The summed E-state index contributed by atoms with van der Waals surface area (Å²) >= 11 is 0. The third-order valence-corrected chi connectivity index (χ3v) is 4.80. The summed E-state index contributed by atoms with van der Waals surface area (Å²) in [5, 5.41) is 12.1. The first-order valence-electron chi connectivity index (χ1n) is 10.1. The molecule has 1 N–H and O–H groups in total. The molecule has 7 nitrogen and oxygen atoms in total. The van der Waals surface area contributed by atoms with Gasteiger partial charge in [-0.2, -0.15) is 5.26 Å². The number of nitrogens with zero attached hydrogens (tertiary/aromatic N) is 3. The molecule has 0 unspecified atom stereocenters. The van der Waals surface area contributed by atoms with Gasteiger partial charge in [-0.15, -0.1) is 0 Å². The Labute approximate surface area is 183 Å². The number of hydrogen-bond acceptors (Lipinski definition) is 5. The number of esters is 1. The van der Waals surface area contributed by atoms with Crippen LogP contribution < -0.4 is 10.2 Å².